The van der Waals surface area contributed by atoms with Crippen molar-refractivity contribution in [2.45, 2.75) is 44.4 Å². The predicted octanol–water partition coefficient (Wildman–Crippen LogP) is 3.71. The monoisotopic (exact) mass is 301 g/mol. The SMILES string of the molecule is CCC(c1cccc(C(F)(F)F)c1)N1CCCC1C(=O)O. The molecule has 1 saturated heterocycles. The zero-order chi connectivity index (χ0) is 15.6. The van der Waals surface area contributed by atoms with Gasteiger partial charge in [0.1, 0.15) is 6.04 Å². The highest BCUT2D eigenvalue weighted by molar-refractivity contribution is 5.73. The lowest BCUT2D eigenvalue weighted by Crippen LogP contribution is -2.38. The van der Waals surface area contributed by atoms with E-state index in [1.807, 2.05) is 6.92 Å². The lowest BCUT2D eigenvalue weighted by atomic mass is 9.99. The van der Waals surface area contributed by atoms with Crippen molar-refractivity contribution in [2.24, 2.45) is 0 Å². The Morgan fingerprint density at radius 3 is 2.76 bits per heavy atom. The summed E-state index contributed by atoms with van der Waals surface area (Å²) < 4.78 is 38.4. The van der Waals surface area contributed by atoms with Gasteiger partial charge >= 0.3 is 12.1 Å². The van der Waals surface area contributed by atoms with Crippen LogP contribution in [0.2, 0.25) is 0 Å². The number of carboxylic acid groups (broad SMARTS) is 1. The second-order valence-corrected chi connectivity index (χ2v) is 5.28. The maximum Gasteiger partial charge on any atom is 0.416 e. The number of carbonyl (C=O) groups is 1. The van der Waals surface area contributed by atoms with Gasteiger partial charge in [-0.15, -0.1) is 0 Å². The van der Waals surface area contributed by atoms with Crippen LogP contribution in [0.25, 0.3) is 0 Å². The van der Waals surface area contributed by atoms with E-state index in [2.05, 4.69) is 0 Å². The highest BCUT2D eigenvalue weighted by Crippen LogP contribution is 2.35. The molecule has 0 bridgehead atoms. The van der Waals surface area contributed by atoms with E-state index in [1.165, 1.54) is 6.07 Å². The Balaban J connectivity index is 2.31. The highest BCUT2D eigenvalue weighted by atomic mass is 19.4. The molecule has 0 amide bonds. The van der Waals surface area contributed by atoms with Crippen molar-refractivity contribution in [2.75, 3.05) is 6.54 Å². The van der Waals surface area contributed by atoms with Crippen molar-refractivity contribution in [3.63, 3.8) is 0 Å². The standard InChI is InChI=1S/C15H18F3NO2/c1-2-12(19-8-4-7-13(19)14(20)21)10-5-3-6-11(9-10)15(16,17)18/h3,5-6,9,12-13H,2,4,7-8H2,1H3,(H,20,21). The van der Waals surface area contributed by atoms with Gasteiger partial charge in [0.15, 0.2) is 0 Å². The van der Waals surface area contributed by atoms with Crippen molar-refractivity contribution in [1.82, 2.24) is 4.90 Å². The molecule has 0 radical (unpaired) electrons. The molecule has 2 unspecified atom stereocenters. The van der Waals surface area contributed by atoms with Crippen LogP contribution in [0.15, 0.2) is 24.3 Å². The molecular formula is C15H18F3NO2. The fourth-order valence-electron chi connectivity index (χ4n) is 3.01. The van der Waals surface area contributed by atoms with Crippen LogP contribution < -0.4 is 0 Å². The lowest BCUT2D eigenvalue weighted by molar-refractivity contribution is -0.143. The predicted molar refractivity (Wildman–Crippen MR) is 71.8 cm³/mol. The Kier molecular flexibility index (Phi) is 4.56. The van der Waals surface area contributed by atoms with E-state index >= 15 is 0 Å². The fraction of sp³-hybridized carbons (Fsp3) is 0.533. The quantitative estimate of drug-likeness (QED) is 0.921. The summed E-state index contributed by atoms with van der Waals surface area (Å²) in [4.78, 5) is 13.1. The summed E-state index contributed by atoms with van der Waals surface area (Å²) >= 11 is 0. The minimum Gasteiger partial charge on any atom is -0.480 e. The van der Waals surface area contributed by atoms with Gasteiger partial charge < -0.3 is 5.11 Å². The molecule has 0 spiro atoms. The van der Waals surface area contributed by atoms with Crippen LogP contribution in [0.5, 0.6) is 0 Å². The molecule has 1 aliphatic heterocycles. The second kappa shape index (κ2) is 6.05. The molecule has 1 N–H and O–H groups in total. The van der Waals surface area contributed by atoms with E-state index in [9.17, 15) is 23.1 Å². The Hall–Kier alpha value is -1.56. The number of alkyl halides is 3. The van der Waals surface area contributed by atoms with E-state index in [0.29, 0.717) is 24.9 Å². The summed E-state index contributed by atoms with van der Waals surface area (Å²) in [5.41, 5.74) is -0.162. The van der Waals surface area contributed by atoms with Crippen LogP contribution >= 0.6 is 0 Å². The van der Waals surface area contributed by atoms with Gasteiger partial charge in [0.25, 0.3) is 0 Å². The van der Waals surface area contributed by atoms with Gasteiger partial charge in [-0.1, -0.05) is 19.1 Å². The van der Waals surface area contributed by atoms with Crippen LogP contribution in [-0.4, -0.2) is 28.6 Å². The van der Waals surface area contributed by atoms with Crippen molar-refractivity contribution >= 4 is 5.97 Å². The highest BCUT2D eigenvalue weighted by Gasteiger charge is 2.36. The third-order valence-corrected chi connectivity index (χ3v) is 3.97. The first kappa shape index (κ1) is 15.8. The van der Waals surface area contributed by atoms with Gasteiger partial charge in [0, 0.05) is 6.04 Å². The minimum absolute atomic E-state index is 0.295. The van der Waals surface area contributed by atoms with E-state index in [4.69, 9.17) is 0 Å². The molecule has 1 aliphatic rings. The number of benzene rings is 1. The van der Waals surface area contributed by atoms with Crippen LogP contribution in [0.1, 0.15) is 43.4 Å². The summed E-state index contributed by atoms with van der Waals surface area (Å²) in [6.07, 6.45) is -2.51. The topological polar surface area (TPSA) is 40.5 Å². The summed E-state index contributed by atoms with van der Waals surface area (Å²) in [7, 11) is 0. The summed E-state index contributed by atoms with van der Waals surface area (Å²) in [5.74, 6) is -0.905. The molecule has 0 saturated carbocycles. The van der Waals surface area contributed by atoms with Gasteiger partial charge in [-0.2, -0.15) is 13.2 Å². The Morgan fingerprint density at radius 1 is 1.48 bits per heavy atom. The zero-order valence-corrected chi connectivity index (χ0v) is 11.7. The van der Waals surface area contributed by atoms with Crippen LogP contribution in [0, 0.1) is 0 Å². The van der Waals surface area contributed by atoms with E-state index in [0.717, 1.165) is 18.6 Å². The number of halogens is 3. The third kappa shape index (κ3) is 3.37. The largest absolute Gasteiger partial charge is 0.480 e. The van der Waals surface area contributed by atoms with Gasteiger partial charge in [0.2, 0.25) is 0 Å². The first-order chi connectivity index (χ1) is 9.84. The number of aliphatic carboxylic acids is 1. The molecule has 1 aromatic rings. The van der Waals surface area contributed by atoms with E-state index < -0.39 is 23.8 Å². The molecule has 0 aliphatic carbocycles. The molecule has 3 nitrogen and oxygen atoms in total. The number of likely N-dealkylation sites (tertiary alicyclic amines) is 1. The normalized spacial score (nSPS) is 21.4. The molecule has 0 aromatic heterocycles. The number of hydrogen-bond acceptors (Lipinski definition) is 2. The van der Waals surface area contributed by atoms with Crippen molar-refractivity contribution < 1.29 is 23.1 Å². The number of rotatable bonds is 4. The van der Waals surface area contributed by atoms with Crippen molar-refractivity contribution in [3.05, 3.63) is 35.4 Å². The first-order valence-corrected chi connectivity index (χ1v) is 7.00. The Morgan fingerprint density at radius 2 is 2.19 bits per heavy atom. The molecule has 2 rings (SSSR count). The van der Waals surface area contributed by atoms with Crippen molar-refractivity contribution in [3.8, 4) is 0 Å². The van der Waals surface area contributed by atoms with Crippen LogP contribution in [0.3, 0.4) is 0 Å². The molecule has 21 heavy (non-hydrogen) atoms. The Bertz CT molecular complexity index is 516. The molecule has 2 atom stereocenters. The summed E-state index contributed by atoms with van der Waals surface area (Å²) in [6, 6.07) is 4.29. The molecule has 116 valence electrons. The van der Waals surface area contributed by atoms with Crippen molar-refractivity contribution in [1.29, 1.82) is 0 Å². The van der Waals surface area contributed by atoms with Gasteiger partial charge in [-0.3, -0.25) is 9.69 Å². The number of nitrogens with zero attached hydrogens (tertiary/aromatic N) is 1. The van der Waals surface area contributed by atoms with Gasteiger partial charge in [-0.25, -0.2) is 0 Å². The second-order valence-electron chi connectivity index (χ2n) is 5.28. The summed E-state index contributed by atoms with van der Waals surface area (Å²) in [6.45, 7) is 2.47. The average molecular weight is 301 g/mol. The Labute approximate surface area is 121 Å². The van der Waals surface area contributed by atoms with E-state index in [1.54, 1.807) is 11.0 Å². The average Bonchev–Trinajstić information content (AvgIpc) is 2.88. The molecule has 1 fully saturated rings. The lowest BCUT2D eigenvalue weighted by Gasteiger charge is -2.31. The fourth-order valence-corrected chi connectivity index (χ4v) is 3.01. The van der Waals surface area contributed by atoms with E-state index in [-0.39, 0.29) is 6.04 Å². The smallest absolute Gasteiger partial charge is 0.416 e. The minimum atomic E-state index is -4.38. The molecule has 6 heteroatoms. The first-order valence-electron chi connectivity index (χ1n) is 7.00. The van der Waals surface area contributed by atoms with Crippen LogP contribution in [-0.2, 0) is 11.0 Å². The molecular weight excluding hydrogens is 283 g/mol. The third-order valence-electron chi connectivity index (χ3n) is 3.97. The number of carboxylic acids is 1. The van der Waals surface area contributed by atoms with Gasteiger partial charge in [-0.05, 0) is 43.5 Å². The summed E-state index contributed by atoms with van der Waals surface area (Å²) in [5, 5.41) is 9.24. The zero-order valence-electron chi connectivity index (χ0n) is 11.7. The maximum atomic E-state index is 12.8. The maximum absolute atomic E-state index is 12.8. The van der Waals surface area contributed by atoms with Crippen LogP contribution in [0.4, 0.5) is 13.2 Å². The van der Waals surface area contributed by atoms with Gasteiger partial charge in [0.05, 0.1) is 5.56 Å². The molecule has 1 aromatic carbocycles. The molecule has 1 heterocycles. The number of hydrogen-bond donors (Lipinski definition) is 1.